The zero-order valence-corrected chi connectivity index (χ0v) is 6.16. The largest absolute Gasteiger partial charge is 0.478 e. The molecule has 1 rings (SSSR count). The van der Waals surface area contributed by atoms with Crippen LogP contribution in [0.25, 0.3) is 0 Å². The molecular formula is C9H8O2. The van der Waals surface area contributed by atoms with Crippen molar-refractivity contribution >= 4 is 5.97 Å². The van der Waals surface area contributed by atoms with Crippen LogP contribution >= 0.6 is 0 Å². The van der Waals surface area contributed by atoms with E-state index in [1.807, 2.05) is 0 Å². The van der Waals surface area contributed by atoms with Crippen LogP contribution in [-0.4, -0.2) is 11.1 Å². The molecule has 2 heteroatoms. The van der Waals surface area contributed by atoms with Crippen molar-refractivity contribution in [3.8, 4) is 0 Å². The van der Waals surface area contributed by atoms with Gasteiger partial charge in [0.2, 0.25) is 0 Å². The van der Waals surface area contributed by atoms with Crippen molar-refractivity contribution < 1.29 is 9.90 Å². The molecule has 0 aliphatic rings. The standard InChI is InChI=1S/C9H8O2/c1-6-3-4-8(9(10)11)5-7(6)2/h1,3-5H,2H3,(H,10,11). The summed E-state index contributed by atoms with van der Waals surface area (Å²) in [4.78, 5) is 10.4. The van der Waals surface area contributed by atoms with Crippen molar-refractivity contribution in [3.63, 3.8) is 0 Å². The monoisotopic (exact) mass is 148 g/mol. The molecule has 56 valence electrons. The smallest absolute Gasteiger partial charge is 0.335 e. The van der Waals surface area contributed by atoms with Crippen molar-refractivity contribution in [2.75, 3.05) is 0 Å². The van der Waals surface area contributed by atoms with E-state index < -0.39 is 5.97 Å². The van der Waals surface area contributed by atoms with Gasteiger partial charge in [0.05, 0.1) is 5.56 Å². The van der Waals surface area contributed by atoms with Gasteiger partial charge in [0.15, 0.2) is 0 Å². The van der Waals surface area contributed by atoms with E-state index in [9.17, 15) is 4.79 Å². The van der Waals surface area contributed by atoms with Crippen LogP contribution in [0.2, 0.25) is 0 Å². The molecule has 0 unspecified atom stereocenters. The average molecular weight is 148 g/mol. The molecule has 2 radical (unpaired) electrons. The molecular weight excluding hydrogens is 140 g/mol. The van der Waals surface area contributed by atoms with E-state index in [2.05, 4.69) is 0 Å². The predicted octanol–water partition coefficient (Wildman–Crippen LogP) is 1.75. The fourth-order valence-corrected chi connectivity index (χ4v) is 0.809. The lowest BCUT2D eigenvalue weighted by molar-refractivity contribution is 0.0697. The van der Waals surface area contributed by atoms with Gasteiger partial charge in [-0.15, -0.1) is 0 Å². The van der Waals surface area contributed by atoms with Crippen molar-refractivity contribution in [1.82, 2.24) is 0 Å². The molecule has 0 bridgehead atoms. The summed E-state index contributed by atoms with van der Waals surface area (Å²) in [5.74, 6) is -0.923. The predicted molar refractivity (Wildman–Crippen MR) is 41.5 cm³/mol. The molecule has 0 saturated carbocycles. The van der Waals surface area contributed by atoms with Crippen molar-refractivity contribution in [2.24, 2.45) is 0 Å². The summed E-state index contributed by atoms with van der Waals surface area (Å²) in [6, 6.07) is 4.64. The summed E-state index contributed by atoms with van der Waals surface area (Å²) >= 11 is 0. The molecule has 0 aliphatic heterocycles. The number of benzene rings is 1. The fraction of sp³-hybridized carbons (Fsp3) is 0.111. The molecule has 0 amide bonds. The molecule has 2 nitrogen and oxygen atoms in total. The number of carboxylic acids is 1. The van der Waals surface area contributed by atoms with Gasteiger partial charge < -0.3 is 5.11 Å². The molecule has 0 fully saturated rings. The van der Waals surface area contributed by atoms with Crippen molar-refractivity contribution in [3.05, 3.63) is 41.8 Å². The van der Waals surface area contributed by atoms with Crippen LogP contribution < -0.4 is 0 Å². The minimum absolute atomic E-state index is 0.275. The molecule has 1 N–H and O–H groups in total. The third-order valence-corrected chi connectivity index (χ3v) is 1.52. The van der Waals surface area contributed by atoms with E-state index >= 15 is 0 Å². The Bertz CT molecular complexity index is 290. The van der Waals surface area contributed by atoms with Crippen molar-refractivity contribution in [2.45, 2.75) is 6.92 Å². The van der Waals surface area contributed by atoms with Crippen molar-refractivity contribution in [1.29, 1.82) is 0 Å². The molecule has 0 saturated heterocycles. The van der Waals surface area contributed by atoms with Crippen LogP contribution in [0, 0.1) is 13.8 Å². The Morgan fingerprint density at radius 2 is 2.18 bits per heavy atom. The summed E-state index contributed by atoms with van der Waals surface area (Å²) in [5, 5.41) is 8.56. The Hall–Kier alpha value is -1.31. The highest BCUT2D eigenvalue weighted by atomic mass is 16.4. The van der Waals surface area contributed by atoms with Gasteiger partial charge in [0, 0.05) is 0 Å². The van der Waals surface area contributed by atoms with Gasteiger partial charge in [-0.2, -0.15) is 0 Å². The highest BCUT2D eigenvalue weighted by molar-refractivity contribution is 5.87. The van der Waals surface area contributed by atoms with E-state index in [1.54, 1.807) is 19.1 Å². The van der Waals surface area contributed by atoms with Crippen LogP contribution in [0.4, 0.5) is 0 Å². The van der Waals surface area contributed by atoms with Gasteiger partial charge in [-0.3, -0.25) is 0 Å². The first-order valence-electron chi connectivity index (χ1n) is 3.20. The maximum atomic E-state index is 10.4. The van der Waals surface area contributed by atoms with E-state index in [0.29, 0.717) is 5.56 Å². The third kappa shape index (κ3) is 1.58. The maximum Gasteiger partial charge on any atom is 0.335 e. The summed E-state index contributed by atoms with van der Waals surface area (Å²) in [5.41, 5.74) is 1.69. The molecule has 0 heterocycles. The Morgan fingerprint density at radius 3 is 2.64 bits per heavy atom. The lowest BCUT2D eigenvalue weighted by atomic mass is 10.1. The highest BCUT2D eigenvalue weighted by Crippen LogP contribution is 2.09. The second-order valence-electron chi connectivity index (χ2n) is 2.38. The van der Waals surface area contributed by atoms with Gasteiger partial charge in [-0.1, -0.05) is 6.07 Å². The quantitative estimate of drug-likeness (QED) is 0.658. The minimum Gasteiger partial charge on any atom is -0.478 e. The summed E-state index contributed by atoms with van der Waals surface area (Å²) in [6.45, 7) is 7.28. The van der Waals surface area contributed by atoms with Crippen LogP contribution in [0.1, 0.15) is 21.5 Å². The number of carboxylic acid groups (broad SMARTS) is 1. The first-order chi connectivity index (χ1) is 5.11. The first kappa shape index (κ1) is 7.79. The second kappa shape index (κ2) is 2.74. The second-order valence-corrected chi connectivity index (χ2v) is 2.38. The zero-order valence-electron chi connectivity index (χ0n) is 6.16. The summed E-state index contributed by atoms with van der Waals surface area (Å²) in [6.07, 6.45) is 0. The van der Waals surface area contributed by atoms with E-state index in [1.165, 1.54) is 6.07 Å². The molecule has 0 aromatic heterocycles. The Morgan fingerprint density at radius 1 is 1.55 bits per heavy atom. The minimum atomic E-state index is -0.923. The SMILES string of the molecule is [CH]c1ccc(C(=O)O)cc1C. The Balaban J connectivity index is 3.15. The first-order valence-corrected chi connectivity index (χ1v) is 3.20. The Labute approximate surface area is 65.5 Å². The van der Waals surface area contributed by atoms with E-state index in [-0.39, 0.29) is 5.56 Å². The molecule has 0 spiro atoms. The van der Waals surface area contributed by atoms with Crippen LogP contribution in [0.5, 0.6) is 0 Å². The lowest BCUT2D eigenvalue weighted by Crippen LogP contribution is -1.96. The zero-order chi connectivity index (χ0) is 8.43. The van der Waals surface area contributed by atoms with Crippen LogP contribution in [0.15, 0.2) is 18.2 Å². The highest BCUT2D eigenvalue weighted by Gasteiger charge is 2.02. The van der Waals surface area contributed by atoms with Gasteiger partial charge in [0.25, 0.3) is 0 Å². The maximum absolute atomic E-state index is 10.4. The van der Waals surface area contributed by atoms with Gasteiger partial charge in [-0.25, -0.2) is 4.79 Å². The molecule has 11 heavy (non-hydrogen) atoms. The summed E-state index contributed by atoms with van der Waals surface area (Å²) in [7, 11) is 0. The normalized spacial score (nSPS) is 9.64. The number of rotatable bonds is 1. The number of hydrogen-bond donors (Lipinski definition) is 1. The van der Waals surface area contributed by atoms with Crippen LogP contribution in [0.3, 0.4) is 0 Å². The Kier molecular flexibility index (Phi) is 1.94. The summed E-state index contributed by atoms with van der Waals surface area (Å²) < 4.78 is 0. The number of aromatic carboxylic acids is 1. The molecule has 0 aliphatic carbocycles. The number of carbonyl (C=O) groups is 1. The van der Waals surface area contributed by atoms with E-state index in [4.69, 9.17) is 12.0 Å². The third-order valence-electron chi connectivity index (χ3n) is 1.52. The van der Waals surface area contributed by atoms with Crippen LogP contribution in [-0.2, 0) is 0 Å². The number of aryl methyl sites for hydroxylation is 1. The van der Waals surface area contributed by atoms with Gasteiger partial charge in [-0.05, 0) is 37.1 Å². The van der Waals surface area contributed by atoms with E-state index in [0.717, 1.165) is 5.56 Å². The molecule has 1 aromatic carbocycles. The number of hydrogen-bond acceptors (Lipinski definition) is 1. The van der Waals surface area contributed by atoms with Gasteiger partial charge in [0.1, 0.15) is 0 Å². The van der Waals surface area contributed by atoms with Gasteiger partial charge >= 0.3 is 5.97 Å². The molecule has 1 aromatic rings. The average Bonchev–Trinajstić information content (AvgIpc) is 1.94. The topological polar surface area (TPSA) is 37.3 Å². The molecule has 0 atom stereocenters. The lowest BCUT2D eigenvalue weighted by Gasteiger charge is -1.99. The fourth-order valence-electron chi connectivity index (χ4n) is 0.809.